The van der Waals surface area contributed by atoms with Gasteiger partial charge in [0.25, 0.3) is 0 Å². The number of hydrogen-bond donors (Lipinski definition) is 2. The van der Waals surface area contributed by atoms with Crippen LogP contribution in [0, 0.1) is 5.82 Å². The van der Waals surface area contributed by atoms with Crippen LogP contribution in [-0.4, -0.2) is 19.0 Å². The molecular formula is C12H17FN2O. The largest absolute Gasteiger partial charge is 0.369 e. The molecule has 0 aliphatic heterocycles. The molecule has 1 amide bonds. The number of primary amides is 1. The summed E-state index contributed by atoms with van der Waals surface area (Å²) >= 11 is 0. The van der Waals surface area contributed by atoms with E-state index in [0.29, 0.717) is 12.1 Å². The number of nitrogens with one attached hydrogen (secondary N) is 1. The van der Waals surface area contributed by atoms with E-state index in [1.807, 2.05) is 13.8 Å². The van der Waals surface area contributed by atoms with Crippen molar-refractivity contribution in [1.82, 2.24) is 5.32 Å². The van der Waals surface area contributed by atoms with E-state index >= 15 is 0 Å². The Morgan fingerprint density at radius 2 is 2.06 bits per heavy atom. The van der Waals surface area contributed by atoms with Crippen molar-refractivity contribution in [1.29, 1.82) is 0 Å². The fourth-order valence-corrected chi connectivity index (χ4v) is 1.60. The maximum absolute atomic E-state index is 13.6. The molecule has 0 saturated heterocycles. The molecule has 3 nitrogen and oxygen atoms in total. The molecule has 1 aromatic carbocycles. The third kappa shape index (κ3) is 3.31. The summed E-state index contributed by atoms with van der Waals surface area (Å²) in [4.78, 5) is 10.6. The van der Waals surface area contributed by atoms with E-state index in [0.717, 1.165) is 0 Å². The number of benzene rings is 1. The van der Waals surface area contributed by atoms with E-state index in [-0.39, 0.29) is 17.8 Å². The third-order valence-electron chi connectivity index (χ3n) is 2.47. The van der Waals surface area contributed by atoms with Crippen LogP contribution in [0.3, 0.4) is 0 Å². The van der Waals surface area contributed by atoms with Crippen LogP contribution in [-0.2, 0) is 10.2 Å². The highest BCUT2D eigenvalue weighted by molar-refractivity contribution is 5.75. The number of amides is 1. The predicted octanol–water partition coefficient (Wildman–Crippen LogP) is 1.18. The maximum Gasteiger partial charge on any atom is 0.231 e. The molecular weight excluding hydrogens is 207 g/mol. The van der Waals surface area contributed by atoms with E-state index in [9.17, 15) is 9.18 Å². The van der Waals surface area contributed by atoms with Crippen molar-refractivity contribution in [3.8, 4) is 0 Å². The average Bonchev–Trinajstić information content (AvgIpc) is 2.17. The first-order chi connectivity index (χ1) is 7.43. The Morgan fingerprint density at radius 1 is 1.44 bits per heavy atom. The van der Waals surface area contributed by atoms with Gasteiger partial charge in [-0.25, -0.2) is 4.39 Å². The van der Waals surface area contributed by atoms with E-state index in [4.69, 9.17) is 5.73 Å². The van der Waals surface area contributed by atoms with Crippen LogP contribution in [0.1, 0.15) is 19.4 Å². The lowest BCUT2D eigenvalue weighted by Gasteiger charge is -2.25. The van der Waals surface area contributed by atoms with Crippen molar-refractivity contribution < 1.29 is 9.18 Å². The summed E-state index contributed by atoms with van der Waals surface area (Å²) in [6.07, 6.45) is 0. The van der Waals surface area contributed by atoms with Crippen LogP contribution in [0.15, 0.2) is 24.3 Å². The van der Waals surface area contributed by atoms with Gasteiger partial charge in [-0.05, 0) is 11.6 Å². The molecule has 0 spiro atoms. The smallest absolute Gasteiger partial charge is 0.231 e. The Balaban J connectivity index is 2.70. The molecule has 0 aromatic heterocycles. The highest BCUT2D eigenvalue weighted by atomic mass is 19.1. The minimum absolute atomic E-state index is 0.109. The lowest BCUT2D eigenvalue weighted by Crippen LogP contribution is -2.38. The minimum atomic E-state index is -0.413. The van der Waals surface area contributed by atoms with E-state index in [1.165, 1.54) is 6.07 Å². The zero-order valence-corrected chi connectivity index (χ0v) is 9.59. The molecule has 0 atom stereocenters. The van der Waals surface area contributed by atoms with Crippen molar-refractivity contribution >= 4 is 5.91 Å². The third-order valence-corrected chi connectivity index (χ3v) is 2.47. The molecule has 0 bridgehead atoms. The second kappa shape index (κ2) is 5.07. The van der Waals surface area contributed by atoms with Gasteiger partial charge >= 0.3 is 0 Å². The second-order valence-corrected chi connectivity index (χ2v) is 4.43. The number of carbonyl (C=O) groups is 1. The summed E-state index contributed by atoms with van der Waals surface area (Å²) in [7, 11) is 0. The minimum Gasteiger partial charge on any atom is -0.369 e. The van der Waals surface area contributed by atoms with Crippen LogP contribution in [0.25, 0.3) is 0 Å². The zero-order chi connectivity index (χ0) is 12.2. The van der Waals surface area contributed by atoms with E-state index in [2.05, 4.69) is 5.32 Å². The normalized spacial score (nSPS) is 11.4. The van der Waals surface area contributed by atoms with Crippen molar-refractivity contribution in [2.45, 2.75) is 19.3 Å². The quantitative estimate of drug-likeness (QED) is 0.789. The topological polar surface area (TPSA) is 55.1 Å². The summed E-state index contributed by atoms with van der Waals surface area (Å²) in [5.74, 6) is -0.641. The van der Waals surface area contributed by atoms with Crippen LogP contribution >= 0.6 is 0 Å². The molecule has 0 fully saturated rings. The van der Waals surface area contributed by atoms with Gasteiger partial charge in [0, 0.05) is 12.0 Å². The van der Waals surface area contributed by atoms with Gasteiger partial charge < -0.3 is 11.1 Å². The first-order valence-corrected chi connectivity index (χ1v) is 5.17. The maximum atomic E-state index is 13.6. The number of carbonyl (C=O) groups excluding carboxylic acids is 1. The lowest BCUT2D eigenvalue weighted by atomic mass is 9.84. The highest BCUT2D eigenvalue weighted by Crippen LogP contribution is 2.24. The predicted molar refractivity (Wildman–Crippen MR) is 61.5 cm³/mol. The molecule has 3 N–H and O–H groups in total. The molecule has 4 heteroatoms. The van der Waals surface area contributed by atoms with Crippen LogP contribution < -0.4 is 11.1 Å². The highest BCUT2D eigenvalue weighted by Gasteiger charge is 2.23. The monoisotopic (exact) mass is 224 g/mol. The molecule has 0 saturated carbocycles. The van der Waals surface area contributed by atoms with E-state index < -0.39 is 5.91 Å². The summed E-state index contributed by atoms with van der Waals surface area (Å²) in [6.45, 7) is 4.44. The van der Waals surface area contributed by atoms with Gasteiger partial charge in [0.05, 0.1) is 6.54 Å². The first kappa shape index (κ1) is 12.6. The fraction of sp³-hybridized carbons (Fsp3) is 0.417. The van der Waals surface area contributed by atoms with Crippen molar-refractivity contribution in [2.75, 3.05) is 13.1 Å². The Kier molecular flexibility index (Phi) is 4.01. The van der Waals surface area contributed by atoms with Crippen LogP contribution in [0.2, 0.25) is 0 Å². The zero-order valence-electron chi connectivity index (χ0n) is 9.59. The van der Waals surface area contributed by atoms with Crippen molar-refractivity contribution in [2.24, 2.45) is 5.73 Å². The molecule has 88 valence electrons. The summed E-state index contributed by atoms with van der Waals surface area (Å²) in [5, 5.41) is 2.91. The Hall–Kier alpha value is -1.42. The average molecular weight is 224 g/mol. The van der Waals surface area contributed by atoms with Gasteiger partial charge in [0.1, 0.15) is 5.82 Å². The summed E-state index contributed by atoms with van der Waals surface area (Å²) in [5.41, 5.74) is 5.27. The first-order valence-electron chi connectivity index (χ1n) is 5.17. The molecule has 16 heavy (non-hydrogen) atoms. The standard InChI is InChI=1S/C12H17FN2O/c1-12(2,8-15-7-11(14)16)9-5-3-4-6-10(9)13/h3-6,15H,7-8H2,1-2H3,(H2,14,16). The molecule has 1 aromatic rings. The van der Waals surface area contributed by atoms with Gasteiger partial charge in [0.15, 0.2) is 0 Å². The molecule has 0 unspecified atom stereocenters. The number of nitrogens with two attached hydrogens (primary N) is 1. The molecule has 0 aliphatic rings. The van der Waals surface area contributed by atoms with Gasteiger partial charge in [0.2, 0.25) is 5.91 Å². The summed E-state index contributed by atoms with van der Waals surface area (Å²) < 4.78 is 13.6. The Labute approximate surface area is 94.8 Å². The number of hydrogen-bond acceptors (Lipinski definition) is 2. The second-order valence-electron chi connectivity index (χ2n) is 4.43. The lowest BCUT2D eigenvalue weighted by molar-refractivity contribution is -0.117. The van der Waals surface area contributed by atoms with Gasteiger partial charge in [-0.15, -0.1) is 0 Å². The molecule has 0 aliphatic carbocycles. The number of rotatable bonds is 5. The van der Waals surface area contributed by atoms with Crippen LogP contribution in [0.5, 0.6) is 0 Å². The fourth-order valence-electron chi connectivity index (χ4n) is 1.60. The molecule has 1 rings (SSSR count). The summed E-state index contributed by atoms with van der Waals surface area (Å²) in [6, 6.07) is 6.65. The van der Waals surface area contributed by atoms with Gasteiger partial charge in [-0.1, -0.05) is 32.0 Å². The van der Waals surface area contributed by atoms with E-state index in [1.54, 1.807) is 18.2 Å². The SMILES string of the molecule is CC(C)(CNCC(N)=O)c1ccccc1F. The molecule has 0 heterocycles. The molecule has 0 radical (unpaired) electrons. The van der Waals surface area contributed by atoms with Crippen molar-refractivity contribution in [3.63, 3.8) is 0 Å². The van der Waals surface area contributed by atoms with Gasteiger partial charge in [-0.2, -0.15) is 0 Å². The Morgan fingerprint density at radius 3 is 2.62 bits per heavy atom. The van der Waals surface area contributed by atoms with Gasteiger partial charge in [-0.3, -0.25) is 4.79 Å². The number of halogens is 1. The van der Waals surface area contributed by atoms with Crippen molar-refractivity contribution in [3.05, 3.63) is 35.6 Å². The Bertz CT molecular complexity index is 377. The van der Waals surface area contributed by atoms with Crippen LogP contribution in [0.4, 0.5) is 4.39 Å².